The summed E-state index contributed by atoms with van der Waals surface area (Å²) in [6, 6.07) is 5.70. The number of aromatic nitrogens is 4. The fourth-order valence-corrected chi connectivity index (χ4v) is 5.12. The Balaban J connectivity index is 1.84. The van der Waals surface area contributed by atoms with Crippen molar-refractivity contribution in [1.29, 1.82) is 0 Å². The summed E-state index contributed by atoms with van der Waals surface area (Å²) in [6.45, 7) is -0.140. The Bertz CT molecular complexity index is 1450. The van der Waals surface area contributed by atoms with Gasteiger partial charge in [0.25, 0.3) is 5.56 Å². The Morgan fingerprint density at radius 2 is 1.93 bits per heavy atom. The Morgan fingerprint density at radius 3 is 2.60 bits per heavy atom. The van der Waals surface area contributed by atoms with Crippen LogP contribution in [0.4, 0.5) is 4.39 Å². The van der Waals surface area contributed by atoms with Crippen LogP contribution in [0.5, 0.6) is 0 Å². The van der Waals surface area contributed by atoms with Gasteiger partial charge in [-0.25, -0.2) is 17.6 Å². The smallest absolute Gasteiger partial charge is 0.312 e. The topological polar surface area (TPSA) is 96.0 Å². The predicted octanol–water partition coefficient (Wildman–Crippen LogP) is 0.808. The van der Waals surface area contributed by atoms with Crippen LogP contribution >= 0.6 is 0 Å². The molecule has 1 saturated carbocycles. The van der Waals surface area contributed by atoms with Gasteiger partial charge in [0.2, 0.25) is 15.0 Å². The van der Waals surface area contributed by atoms with E-state index in [1.54, 1.807) is 6.07 Å². The van der Waals surface area contributed by atoms with Crippen LogP contribution in [0.1, 0.15) is 18.4 Å². The number of hydrogen-bond acceptors (Lipinski definition) is 5. The Morgan fingerprint density at radius 1 is 1.20 bits per heavy atom. The highest BCUT2D eigenvalue weighted by atomic mass is 32.2. The highest BCUT2D eigenvalue weighted by Crippen LogP contribution is 2.32. The molecule has 0 amide bonds. The third kappa shape index (κ3) is 3.57. The third-order valence-corrected chi connectivity index (χ3v) is 6.87. The number of rotatable bonds is 4. The number of nitrogens with zero attached hydrogens (tertiary/aromatic N) is 4. The molecule has 1 aliphatic rings. The van der Waals surface area contributed by atoms with Crippen molar-refractivity contribution in [2.24, 2.45) is 20.0 Å². The first-order valence-corrected chi connectivity index (χ1v) is 11.0. The van der Waals surface area contributed by atoms with Crippen LogP contribution in [0.3, 0.4) is 0 Å². The zero-order chi connectivity index (χ0) is 21.6. The van der Waals surface area contributed by atoms with E-state index in [4.69, 9.17) is 0 Å². The Hall–Kier alpha value is -3.19. The molecule has 156 valence electrons. The van der Waals surface area contributed by atoms with E-state index < -0.39 is 26.9 Å². The minimum atomic E-state index is -3.71. The van der Waals surface area contributed by atoms with Crippen molar-refractivity contribution in [3.05, 3.63) is 56.5 Å². The normalized spacial score (nSPS) is 14.0. The minimum Gasteiger partial charge on any atom is -0.312 e. The second-order valence-electron chi connectivity index (χ2n) is 7.40. The fourth-order valence-electron chi connectivity index (χ4n) is 3.29. The molecule has 0 N–H and O–H groups in total. The summed E-state index contributed by atoms with van der Waals surface area (Å²) in [5, 5.41) is -0.237. The molecule has 1 aromatic carbocycles. The van der Waals surface area contributed by atoms with Crippen LogP contribution in [0.25, 0.3) is 11.2 Å². The van der Waals surface area contributed by atoms with Gasteiger partial charge in [-0.2, -0.15) is 4.98 Å². The van der Waals surface area contributed by atoms with Gasteiger partial charge in [0.1, 0.15) is 5.82 Å². The van der Waals surface area contributed by atoms with Crippen LogP contribution in [0.2, 0.25) is 0 Å². The second kappa shape index (κ2) is 7.25. The maximum absolute atomic E-state index is 13.3. The zero-order valence-corrected chi connectivity index (χ0v) is 17.2. The van der Waals surface area contributed by atoms with Crippen molar-refractivity contribution in [2.75, 3.05) is 5.75 Å². The standard InChI is InChI=1S/C20H19FN4O4S/c1-23-16-17(22-19(23)30(28,29)12-14-8-9-14)25(20(27)24(2)18(16)26)10-4-6-13-5-3-7-15(21)11-13/h3,5,7,11,14H,8-10,12H2,1-2H3. The summed E-state index contributed by atoms with van der Waals surface area (Å²) >= 11 is 0. The molecule has 0 spiro atoms. The largest absolute Gasteiger partial charge is 0.333 e. The lowest BCUT2D eigenvalue weighted by molar-refractivity contribution is 0.576. The molecule has 0 atom stereocenters. The SMILES string of the molecule is Cn1c(=O)c2c(nc(S(=O)(=O)CC3CC3)n2C)n(CC#Cc2cccc(F)c2)c1=O. The quantitative estimate of drug-likeness (QED) is 0.571. The molecule has 2 aromatic heterocycles. The van der Waals surface area contributed by atoms with Gasteiger partial charge < -0.3 is 4.57 Å². The molecule has 0 unspecified atom stereocenters. The van der Waals surface area contributed by atoms with Crippen LogP contribution < -0.4 is 11.2 Å². The average Bonchev–Trinajstić information content (AvgIpc) is 3.41. The van der Waals surface area contributed by atoms with Crippen molar-refractivity contribution in [3.8, 4) is 11.8 Å². The maximum atomic E-state index is 13.3. The van der Waals surface area contributed by atoms with Gasteiger partial charge in [-0.1, -0.05) is 17.9 Å². The molecule has 3 aromatic rings. The lowest BCUT2D eigenvalue weighted by Gasteiger charge is -2.06. The zero-order valence-electron chi connectivity index (χ0n) is 16.4. The molecule has 4 rings (SSSR count). The van der Waals surface area contributed by atoms with E-state index in [0.717, 1.165) is 22.0 Å². The van der Waals surface area contributed by atoms with E-state index in [9.17, 15) is 22.4 Å². The maximum Gasteiger partial charge on any atom is 0.333 e. The number of hydrogen-bond donors (Lipinski definition) is 0. The summed E-state index contributed by atoms with van der Waals surface area (Å²) in [4.78, 5) is 29.5. The molecule has 10 heteroatoms. The van der Waals surface area contributed by atoms with Crippen LogP contribution in [-0.2, 0) is 30.5 Å². The molecule has 0 saturated heterocycles. The number of halogens is 1. The number of aryl methyl sites for hydroxylation is 1. The average molecular weight is 430 g/mol. The summed E-state index contributed by atoms with van der Waals surface area (Å²) in [7, 11) is -0.947. The number of benzene rings is 1. The van der Waals surface area contributed by atoms with Crippen molar-refractivity contribution in [1.82, 2.24) is 18.7 Å². The number of imidazole rings is 1. The molecule has 30 heavy (non-hydrogen) atoms. The van der Waals surface area contributed by atoms with Crippen molar-refractivity contribution in [2.45, 2.75) is 24.5 Å². The number of sulfone groups is 1. The first kappa shape index (κ1) is 20.1. The molecule has 2 heterocycles. The second-order valence-corrected chi connectivity index (χ2v) is 9.32. The van der Waals surface area contributed by atoms with E-state index in [0.29, 0.717) is 5.56 Å². The lowest BCUT2D eigenvalue weighted by atomic mass is 10.2. The first-order chi connectivity index (χ1) is 14.2. The first-order valence-electron chi connectivity index (χ1n) is 9.32. The molecular formula is C20H19FN4O4S. The van der Waals surface area contributed by atoms with Gasteiger partial charge in [-0.3, -0.25) is 13.9 Å². The highest BCUT2D eigenvalue weighted by molar-refractivity contribution is 7.91. The van der Waals surface area contributed by atoms with E-state index in [2.05, 4.69) is 16.8 Å². The molecule has 0 radical (unpaired) electrons. The minimum absolute atomic E-state index is 0.0130. The fraction of sp³-hybridized carbons (Fsp3) is 0.350. The van der Waals surface area contributed by atoms with Crippen LogP contribution in [0, 0.1) is 23.6 Å². The van der Waals surface area contributed by atoms with Gasteiger partial charge >= 0.3 is 5.69 Å². The third-order valence-electron chi connectivity index (χ3n) is 5.04. The lowest BCUT2D eigenvalue weighted by Crippen LogP contribution is -2.38. The molecular weight excluding hydrogens is 411 g/mol. The van der Waals surface area contributed by atoms with Gasteiger partial charge in [-0.05, 0) is 37.0 Å². The number of fused-ring (bicyclic) bond motifs is 1. The monoisotopic (exact) mass is 430 g/mol. The predicted molar refractivity (Wildman–Crippen MR) is 108 cm³/mol. The van der Waals surface area contributed by atoms with Crippen molar-refractivity contribution < 1.29 is 12.8 Å². The van der Waals surface area contributed by atoms with Gasteiger partial charge in [0, 0.05) is 19.7 Å². The van der Waals surface area contributed by atoms with Crippen LogP contribution in [-0.4, -0.2) is 32.9 Å². The molecule has 0 bridgehead atoms. The Kier molecular flexibility index (Phi) is 4.86. The molecule has 1 aliphatic carbocycles. The van der Waals surface area contributed by atoms with E-state index in [-0.39, 0.29) is 34.5 Å². The molecule has 8 nitrogen and oxygen atoms in total. The van der Waals surface area contributed by atoms with Crippen LogP contribution in [0.15, 0.2) is 39.0 Å². The molecule has 1 fully saturated rings. The van der Waals surface area contributed by atoms with Crippen molar-refractivity contribution in [3.63, 3.8) is 0 Å². The van der Waals surface area contributed by atoms with Gasteiger partial charge in [-0.15, -0.1) is 0 Å². The van der Waals surface area contributed by atoms with E-state index in [1.807, 2.05) is 0 Å². The van der Waals surface area contributed by atoms with Gasteiger partial charge in [0.05, 0.1) is 12.3 Å². The summed E-state index contributed by atoms with van der Waals surface area (Å²) < 4.78 is 42.1. The summed E-state index contributed by atoms with van der Waals surface area (Å²) in [5.74, 6) is 5.17. The van der Waals surface area contributed by atoms with Gasteiger partial charge in [0.15, 0.2) is 11.2 Å². The Labute approximate surface area is 171 Å². The van der Waals surface area contributed by atoms with E-state index >= 15 is 0 Å². The molecule has 0 aliphatic heterocycles. The van der Waals surface area contributed by atoms with Crippen molar-refractivity contribution >= 4 is 21.0 Å². The summed E-state index contributed by atoms with van der Waals surface area (Å²) in [5.41, 5.74) is -0.886. The summed E-state index contributed by atoms with van der Waals surface area (Å²) in [6.07, 6.45) is 1.70. The van der Waals surface area contributed by atoms with E-state index in [1.165, 1.54) is 36.9 Å². The highest BCUT2D eigenvalue weighted by Gasteiger charge is 2.33.